The van der Waals surface area contributed by atoms with Crippen LogP contribution in [-0.4, -0.2) is 38.9 Å². The van der Waals surface area contributed by atoms with E-state index in [0.717, 1.165) is 16.8 Å². The Hall–Kier alpha value is -4.27. The molecule has 0 aliphatic rings. The number of aromatic nitrogens is 1. The van der Waals surface area contributed by atoms with Gasteiger partial charge in [-0.2, -0.15) is 0 Å². The monoisotopic (exact) mass is 557 g/mol. The predicted molar refractivity (Wildman–Crippen MR) is 155 cm³/mol. The number of aliphatic carboxylic acids is 1. The quantitative estimate of drug-likeness (QED) is 0.227. The summed E-state index contributed by atoms with van der Waals surface area (Å²) in [5.74, 6) is -2.10. The van der Waals surface area contributed by atoms with Crippen molar-refractivity contribution in [2.24, 2.45) is 0 Å². The molecule has 1 aromatic heterocycles. The fourth-order valence-electron chi connectivity index (χ4n) is 5.21. The van der Waals surface area contributed by atoms with E-state index in [1.165, 1.54) is 12.1 Å². The second-order valence-corrected chi connectivity index (χ2v) is 10.4. The molecule has 0 spiro atoms. The van der Waals surface area contributed by atoms with E-state index in [9.17, 15) is 29.3 Å². The standard InChI is InChI=1S/C33H35FN2O5/c1-21(2)36-28(18-17-26(37)19-27(38)20-29(39)40)30(23-13-15-24(34)16-14-23)31(22-9-5-3-6-10-22)32(36)33(41)35-25-11-7-4-8-12-25/h3-16,21,26-27,37-38H,17-20H2,1-2H3,(H,35,41)(H,39,40)/p-1/t26?,27-/m1/s1. The molecule has 3 aromatic carbocycles. The van der Waals surface area contributed by atoms with E-state index < -0.39 is 24.6 Å². The lowest BCUT2D eigenvalue weighted by atomic mass is 9.92. The fraction of sp³-hybridized carbons (Fsp3) is 0.273. The molecule has 1 unspecified atom stereocenters. The summed E-state index contributed by atoms with van der Waals surface area (Å²) < 4.78 is 16.0. The number of hydrogen-bond acceptors (Lipinski definition) is 5. The van der Waals surface area contributed by atoms with Crippen LogP contribution in [-0.2, 0) is 11.2 Å². The number of carboxylic acids is 1. The highest BCUT2D eigenvalue weighted by Gasteiger charge is 2.30. The van der Waals surface area contributed by atoms with Crippen LogP contribution in [0.2, 0.25) is 0 Å². The molecule has 214 valence electrons. The molecule has 0 radical (unpaired) electrons. The third kappa shape index (κ3) is 7.28. The van der Waals surface area contributed by atoms with Gasteiger partial charge in [-0.25, -0.2) is 4.39 Å². The predicted octanol–water partition coefficient (Wildman–Crippen LogP) is 4.98. The summed E-state index contributed by atoms with van der Waals surface area (Å²) in [5, 5.41) is 34.6. The summed E-state index contributed by atoms with van der Waals surface area (Å²) in [6.45, 7) is 3.93. The van der Waals surface area contributed by atoms with Crippen molar-refractivity contribution >= 4 is 17.6 Å². The minimum absolute atomic E-state index is 0.130. The van der Waals surface area contributed by atoms with Gasteiger partial charge in [0, 0.05) is 40.9 Å². The van der Waals surface area contributed by atoms with Gasteiger partial charge in [-0.1, -0.05) is 60.7 Å². The Morgan fingerprint density at radius 1 is 0.854 bits per heavy atom. The van der Waals surface area contributed by atoms with Crippen LogP contribution in [0.4, 0.5) is 10.1 Å². The van der Waals surface area contributed by atoms with E-state index in [1.807, 2.05) is 66.9 Å². The molecule has 1 amide bonds. The van der Waals surface area contributed by atoms with Crippen molar-refractivity contribution in [1.29, 1.82) is 0 Å². The Kier molecular flexibility index (Phi) is 9.70. The van der Waals surface area contributed by atoms with Crippen molar-refractivity contribution in [3.05, 3.63) is 102 Å². The van der Waals surface area contributed by atoms with Crippen LogP contribution in [0, 0.1) is 5.82 Å². The maximum atomic E-state index is 14.0. The highest BCUT2D eigenvalue weighted by molar-refractivity contribution is 6.11. The topological polar surface area (TPSA) is 115 Å². The van der Waals surface area contributed by atoms with E-state index in [1.54, 1.807) is 24.3 Å². The summed E-state index contributed by atoms with van der Waals surface area (Å²) in [7, 11) is 0. The molecular weight excluding hydrogens is 523 g/mol. The number of hydrogen-bond donors (Lipinski definition) is 3. The zero-order valence-corrected chi connectivity index (χ0v) is 23.1. The average molecular weight is 558 g/mol. The molecule has 2 atom stereocenters. The van der Waals surface area contributed by atoms with E-state index in [2.05, 4.69) is 5.32 Å². The number of carboxylic acid groups (broad SMARTS) is 1. The average Bonchev–Trinajstić information content (AvgIpc) is 3.28. The first kappa shape index (κ1) is 29.7. The van der Waals surface area contributed by atoms with Gasteiger partial charge in [0.05, 0.1) is 12.2 Å². The Morgan fingerprint density at radius 2 is 1.44 bits per heavy atom. The second kappa shape index (κ2) is 13.4. The number of aliphatic hydroxyl groups is 2. The summed E-state index contributed by atoms with van der Waals surface area (Å²) >= 11 is 0. The number of para-hydroxylation sites is 1. The van der Waals surface area contributed by atoms with Crippen LogP contribution in [0.15, 0.2) is 84.9 Å². The largest absolute Gasteiger partial charge is 0.550 e. The smallest absolute Gasteiger partial charge is 0.272 e. The molecular formula is C33H34FN2O5-. The Bertz CT molecular complexity index is 1470. The number of rotatable bonds is 12. The molecule has 0 aliphatic carbocycles. The highest BCUT2D eigenvalue weighted by Crippen LogP contribution is 2.42. The maximum absolute atomic E-state index is 14.0. The van der Waals surface area contributed by atoms with Crippen molar-refractivity contribution in [2.75, 3.05) is 5.32 Å². The Morgan fingerprint density at radius 3 is 2.02 bits per heavy atom. The first-order valence-corrected chi connectivity index (χ1v) is 13.7. The van der Waals surface area contributed by atoms with Gasteiger partial charge in [-0.3, -0.25) is 4.79 Å². The van der Waals surface area contributed by atoms with E-state index in [-0.39, 0.29) is 30.6 Å². The highest BCUT2D eigenvalue weighted by atomic mass is 19.1. The molecule has 0 bridgehead atoms. The third-order valence-corrected chi connectivity index (χ3v) is 6.93. The zero-order valence-electron chi connectivity index (χ0n) is 23.1. The summed E-state index contributed by atoms with van der Waals surface area (Å²) in [6, 6.07) is 24.6. The fourth-order valence-corrected chi connectivity index (χ4v) is 5.21. The number of halogens is 1. The van der Waals surface area contributed by atoms with Crippen molar-refractivity contribution < 1.29 is 29.3 Å². The third-order valence-electron chi connectivity index (χ3n) is 6.93. The van der Waals surface area contributed by atoms with Gasteiger partial charge in [0.25, 0.3) is 5.91 Å². The number of benzene rings is 3. The van der Waals surface area contributed by atoms with Crippen LogP contribution in [0.1, 0.15) is 55.3 Å². The molecule has 7 nitrogen and oxygen atoms in total. The first-order chi connectivity index (χ1) is 19.7. The van der Waals surface area contributed by atoms with Crippen molar-refractivity contribution in [3.8, 4) is 22.3 Å². The lowest BCUT2D eigenvalue weighted by Gasteiger charge is -2.20. The van der Waals surface area contributed by atoms with Gasteiger partial charge in [0.2, 0.25) is 0 Å². The Labute approximate surface area is 238 Å². The molecule has 41 heavy (non-hydrogen) atoms. The van der Waals surface area contributed by atoms with E-state index in [0.29, 0.717) is 28.9 Å². The van der Waals surface area contributed by atoms with Crippen molar-refractivity contribution in [2.45, 2.75) is 57.8 Å². The normalized spacial score (nSPS) is 12.7. The molecule has 0 fully saturated rings. The lowest BCUT2D eigenvalue weighted by molar-refractivity contribution is -0.307. The molecule has 0 saturated heterocycles. The van der Waals surface area contributed by atoms with Gasteiger partial charge in [0.15, 0.2) is 0 Å². The van der Waals surface area contributed by atoms with Crippen LogP contribution >= 0.6 is 0 Å². The molecule has 1 heterocycles. The second-order valence-electron chi connectivity index (χ2n) is 10.4. The summed E-state index contributed by atoms with van der Waals surface area (Å²) in [6.07, 6.45) is -2.43. The van der Waals surface area contributed by atoms with Gasteiger partial charge < -0.3 is 30.0 Å². The van der Waals surface area contributed by atoms with E-state index in [4.69, 9.17) is 0 Å². The number of aliphatic hydroxyl groups excluding tert-OH is 2. The van der Waals surface area contributed by atoms with Crippen LogP contribution in [0.25, 0.3) is 22.3 Å². The van der Waals surface area contributed by atoms with E-state index >= 15 is 0 Å². The number of carbonyl (C=O) groups excluding carboxylic acids is 2. The number of anilines is 1. The van der Waals surface area contributed by atoms with Crippen molar-refractivity contribution in [3.63, 3.8) is 0 Å². The summed E-state index contributed by atoms with van der Waals surface area (Å²) in [5.41, 5.74) is 4.75. The Balaban J connectivity index is 1.89. The van der Waals surface area contributed by atoms with Gasteiger partial charge in [-0.05, 0) is 68.5 Å². The first-order valence-electron chi connectivity index (χ1n) is 13.7. The SMILES string of the molecule is CC(C)n1c(CCC(O)C[C@@H](O)CC(=O)[O-])c(-c2ccc(F)cc2)c(-c2ccccc2)c1C(=O)Nc1ccccc1. The lowest BCUT2D eigenvalue weighted by Crippen LogP contribution is -2.29. The maximum Gasteiger partial charge on any atom is 0.272 e. The minimum Gasteiger partial charge on any atom is -0.550 e. The molecule has 3 N–H and O–H groups in total. The van der Waals surface area contributed by atoms with Gasteiger partial charge in [-0.15, -0.1) is 0 Å². The molecule has 0 aliphatic heterocycles. The molecule has 4 aromatic rings. The number of amides is 1. The van der Waals surface area contributed by atoms with Crippen LogP contribution in [0.5, 0.6) is 0 Å². The van der Waals surface area contributed by atoms with Gasteiger partial charge in [0.1, 0.15) is 11.5 Å². The molecule has 0 saturated carbocycles. The van der Waals surface area contributed by atoms with Gasteiger partial charge >= 0.3 is 0 Å². The zero-order chi connectivity index (χ0) is 29.5. The number of nitrogens with zero attached hydrogens (tertiary/aromatic N) is 1. The summed E-state index contributed by atoms with van der Waals surface area (Å²) in [4.78, 5) is 24.9. The van der Waals surface area contributed by atoms with Crippen molar-refractivity contribution in [1.82, 2.24) is 4.57 Å². The molecule has 4 rings (SSSR count). The molecule has 8 heteroatoms. The number of nitrogens with one attached hydrogen (secondary N) is 1. The number of carbonyl (C=O) groups is 2. The van der Waals surface area contributed by atoms with Crippen LogP contribution < -0.4 is 10.4 Å². The minimum atomic E-state index is -1.39. The van der Waals surface area contributed by atoms with Crippen LogP contribution in [0.3, 0.4) is 0 Å².